The summed E-state index contributed by atoms with van der Waals surface area (Å²) in [5.74, 6) is -0.774. The molecule has 0 atom stereocenters. The Bertz CT molecular complexity index is 508. The fourth-order valence-electron chi connectivity index (χ4n) is 2.68. The van der Waals surface area contributed by atoms with Gasteiger partial charge in [0.1, 0.15) is 5.75 Å². The van der Waals surface area contributed by atoms with E-state index in [0.717, 1.165) is 18.4 Å². The number of nitrogens with one attached hydrogen (secondary N) is 1. The average molecular weight is 331 g/mol. The summed E-state index contributed by atoms with van der Waals surface area (Å²) in [6.07, 6.45) is -1.34. The van der Waals surface area contributed by atoms with Crippen LogP contribution in [0.5, 0.6) is 5.75 Å². The first-order chi connectivity index (χ1) is 10.8. The smallest absolute Gasteiger partial charge is 0.422 e. The van der Waals surface area contributed by atoms with Crippen molar-refractivity contribution in [3.05, 3.63) is 29.8 Å². The maximum Gasteiger partial charge on any atom is 0.422 e. The molecular formula is C16H20F3NO3. The SMILES string of the molecule is O=C(O)C1CCC(NCc2ccc(OCC(F)(F)F)cc2)CC1. The second kappa shape index (κ2) is 7.68. The molecule has 0 heterocycles. The monoisotopic (exact) mass is 331 g/mol. The predicted octanol–water partition coefficient (Wildman–Crippen LogP) is 3.36. The molecule has 1 aliphatic carbocycles. The number of halogens is 3. The Balaban J connectivity index is 1.73. The number of aliphatic carboxylic acids is 1. The third-order valence-electron chi connectivity index (χ3n) is 4.00. The summed E-state index contributed by atoms with van der Waals surface area (Å²) in [4.78, 5) is 10.9. The van der Waals surface area contributed by atoms with E-state index < -0.39 is 18.8 Å². The molecule has 1 saturated carbocycles. The molecule has 23 heavy (non-hydrogen) atoms. The standard InChI is InChI=1S/C16H20F3NO3/c17-16(18,19)10-23-14-7-1-11(2-8-14)9-20-13-5-3-12(4-6-13)15(21)22/h1-2,7-8,12-13,20H,3-6,9-10H2,(H,21,22). The molecule has 0 aromatic heterocycles. The van der Waals surface area contributed by atoms with Gasteiger partial charge in [0.15, 0.2) is 6.61 Å². The summed E-state index contributed by atoms with van der Waals surface area (Å²) >= 11 is 0. The Morgan fingerprint density at radius 2 is 1.78 bits per heavy atom. The number of benzene rings is 1. The fourth-order valence-corrected chi connectivity index (χ4v) is 2.68. The van der Waals surface area contributed by atoms with Crippen molar-refractivity contribution in [1.29, 1.82) is 0 Å². The first-order valence-electron chi connectivity index (χ1n) is 7.58. The van der Waals surface area contributed by atoms with Crippen molar-refractivity contribution < 1.29 is 27.8 Å². The number of carboxylic acid groups (broad SMARTS) is 1. The zero-order valence-corrected chi connectivity index (χ0v) is 12.6. The largest absolute Gasteiger partial charge is 0.484 e. The highest BCUT2D eigenvalue weighted by Crippen LogP contribution is 2.25. The molecule has 2 rings (SSSR count). The third-order valence-corrected chi connectivity index (χ3v) is 4.00. The van der Waals surface area contributed by atoms with Crippen LogP contribution in [0, 0.1) is 5.92 Å². The molecule has 0 saturated heterocycles. The van der Waals surface area contributed by atoms with E-state index in [1.54, 1.807) is 12.1 Å². The lowest BCUT2D eigenvalue weighted by molar-refractivity contribution is -0.153. The predicted molar refractivity (Wildman–Crippen MR) is 78.2 cm³/mol. The second-order valence-corrected chi connectivity index (χ2v) is 5.82. The molecule has 1 aromatic carbocycles. The van der Waals surface area contributed by atoms with Gasteiger partial charge in [0.25, 0.3) is 0 Å². The lowest BCUT2D eigenvalue weighted by Crippen LogP contribution is -2.34. The van der Waals surface area contributed by atoms with Crippen LogP contribution in [0.25, 0.3) is 0 Å². The number of carbonyl (C=O) groups is 1. The molecule has 1 aromatic rings. The van der Waals surface area contributed by atoms with Crippen LogP contribution < -0.4 is 10.1 Å². The summed E-state index contributed by atoms with van der Waals surface area (Å²) in [6.45, 7) is -0.695. The van der Waals surface area contributed by atoms with Gasteiger partial charge in [0.05, 0.1) is 5.92 Å². The molecule has 0 bridgehead atoms. The lowest BCUT2D eigenvalue weighted by Gasteiger charge is -2.27. The molecule has 2 N–H and O–H groups in total. The number of rotatable bonds is 6. The highest BCUT2D eigenvalue weighted by molar-refractivity contribution is 5.70. The molecule has 0 aliphatic heterocycles. The molecular weight excluding hydrogens is 311 g/mol. The van der Waals surface area contributed by atoms with Gasteiger partial charge >= 0.3 is 12.1 Å². The van der Waals surface area contributed by atoms with Gasteiger partial charge in [0.2, 0.25) is 0 Å². The van der Waals surface area contributed by atoms with Crippen LogP contribution in [0.2, 0.25) is 0 Å². The van der Waals surface area contributed by atoms with Crippen molar-refractivity contribution in [2.24, 2.45) is 5.92 Å². The molecule has 0 spiro atoms. The van der Waals surface area contributed by atoms with Crippen molar-refractivity contribution in [2.45, 2.75) is 44.4 Å². The minimum Gasteiger partial charge on any atom is -0.484 e. The Morgan fingerprint density at radius 1 is 1.17 bits per heavy atom. The third kappa shape index (κ3) is 6.09. The number of carboxylic acids is 1. The minimum absolute atomic E-state index is 0.188. The van der Waals surface area contributed by atoms with Gasteiger partial charge in [0, 0.05) is 12.6 Å². The molecule has 7 heteroatoms. The molecule has 0 amide bonds. The first-order valence-corrected chi connectivity index (χ1v) is 7.58. The van der Waals surface area contributed by atoms with E-state index in [1.165, 1.54) is 12.1 Å². The van der Waals surface area contributed by atoms with Crippen LogP contribution in [0.4, 0.5) is 13.2 Å². The summed E-state index contributed by atoms with van der Waals surface area (Å²) in [5, 5.41) is 12.3. The van der Waals surface area contributed by atoms with E-state index in [-0.39, 0.29) is 17.7 Å². The highest BCUT2D eigenvalue weighted by Gasteiger charge is 2.28. The van der Waals surface area contributed by atoms with Gasteiger partial charge in [-0.2, -0.15) is 13.2 Å². The van der Waals surface area contributed by atoms with Gasteiger partial charge < -0.3 is 15.2 Å². The Hall–Kier alpha value is -1.76. The van der Waals surface area contributed by atoms with E-state index >= 15 is 0 Å². The molecule has 128 valence electrons. The maximum atomic E-state index is 12.1. The van der Waals surface area contributed by atoms with E-state index in [1.807, 2.05) is 0 Å². The van der Waals surface area contributed by atoms with Crippen molar-refractivity contribution in [3.63, 3.8) is 0 Å². The number of alkyl halides is 3. The van der Waals surface area contributed by atoms with Crippen LogP contribution in [0.15, 0.2) is 24.3 Å². The summed E-state index contributed by atoms with van der Waals surface area (Å²) in [7, 11) is 0. The zero-order chi connectivity index (χ0) is 16.9. The van der Waals surface area contributed by atoms with Crippen molar-refractivity contribution in [3.8, 4) is 5.75 Å². The highest BCUT2D eigenvalue weighted by atomic mass is 19.4. The number of ether oxygens (including phenoxy) is 1. The molecule has 0 radical (unpaired) electrons. The van der Waals surface area contributed by atoms with Crippen LogP contribution in [-0.4, -0.2) is 29.9 Å². The van der Waals surface area contributed by atoms with Crippen LogP contribution >= 0.6 is 0 Å². The lowest BCUT2D eigenvalue weighted by atomic mass is 9.86. The van der Waals surface area contributed by atoms with E-state index in [4.69, 9.17) is 5.11 Å². The van der Waals surface area contributed by atoms with E-state index in [0.29, 0.717) is 19.4 Å². The first kappa shape index (κ1) is 17.6. The fraction of sp³-hybridized carbons (Fsp3) is 0.562. The van der Waals surface area contributed by atoms with Gasteiger partial charge in [-0.1, -0.05) is 12.1 Å². The summed E-state index contributed by atoms with van der Waals surface area (Å²) in [6, 6.07) is 6.77. The van der Waals surface area contributed by atoms with Crippen LogP contribution in [0.3, 0.4) is 0 Å². The molecule has 1 fully saturated rings. The normalized spacial score (nSPS) is 21.9. The van der Waals surface area contributed by atoms with E-state index in [2.05, 4.69) is 10.1 Å². The summed E-state index contributed by atoms with van der Waals surface area (Å²) in [5.41, 5.74) is 0.949. The number of hydrogen-bond acceptors (Lipinski definition) is 3. The summed E-state index contributed by atoms with van der Waals surface area (Å²) < 4.78 is 40.8. The molecule has 4 nitrogen and oxygen atoms in total. The van der Waals surface area contributed by atoms with Crippen LogP contribution in [-0.2, 0) is 11.3 Å². The van der Waals surface area contributed by atoms with Gasteiger partial charge in [-0.25, -0.2) is 0 Å². The topological polar surface area (TPSA) is 58.6 Å². The van der Waals surface area contributed by atoms with Gasteiger partial charge in [-0.15, -0.1) is 0 Å². The van der Waals surface area contributed by atoms with Crippen molar-refractivity contribution in [2.75, 3.05) is 6.61 Å². The van der Waals surface area contributed by atoms with E-state index in [9.17, 15) is 18.0 Å². The number of hydrogen-bond donors (Lipinski definition) is 2. The van der Waals surface area contributed by atoms with Gasteiger partial charge in [-0.05, 0) is 43.4 Å². The van der Waals surface area contributed by atoms with Gasteiger partial charge in [-0.3, -0.25) is 4.79 Å². The quantitative estimate of drug-likeness (QED) is 0.839. The maximum absolute atomic E-state index is 12.1. The minimum atomic E-state index is -4.34. The Morgan fingerprint density at radius 3 is 2.30 bits per heavy atom. The Labute approximate surface area is 132 Å². The van der Waals surface area contributed by atoms with Crippen molar-refractivity contribution >= 4 is 5.97 Å². The molecule has 1 aliphatic rings. The zero-order valence-electron chi connectivity index (χ0n) is 12.6. The Kier molecular flexibility index (Phi) is 5.87. The second-order valence-electron chi connectivity index (χ2n) is 5.82. The van der Waals surface area contributed by atoms with Crippen molar-refractivity contribution in [1.82, 2.24) is 5.32 Å². The average Bonchev–Trinajstić information content (AvgIpc) is 2.51. The van der Waals surface area contributed by atoms with Crippen LogP contribution in [0.1, 0.15) is 31.2 Å². The molecule has 0 unspecified atom stereocenters.